The van der Waals surface area contributed by atoms with E-state index in [1.54, 1.807) is 111 Å². The lowest BCUT2D eigenvalue weighted by Gasteiger charge is -2.26. The second kappa shape index (κ2) is 39.0. The third-order valence-electron chi connectivity index (χ3n) is 12.9. The Kier molecular flexibility index (Phi) is 33.7. The molecule has 5 aromatic carbocycles. The van der Waals surface area contributed by atoms with Crippen LogP contribution in [0.15, 0.2) is 164 Å². The molecule has 1 aliphatic heterocycles. The highest BCUT2D eigenvalue weighted by Gasteiger charge is 2.43. The molecule has 0 saturated carbocycles. The number of benzene rings is 5. The number of halogens is 9. The highest BCUT2D eigenvalue weighted by molar-refractivity contribution is 6.24. The van der Waals surface area contributed by atoms with Crippen molar-refractivity contribution in [2.45, 2.75) is 138 Å². The van der Waals surface area contributed by atoms with Crippen LogP contribution < -0.4 is 14.5 Å². The van der Waals surface area contributed by atoms with Crippen LogP contribution in [0.2, 0.25) is 0 Å². The van der Waals surface area contributed by atoms with Crippen LogP contribution in [0.25, 0.3) is 11.1 Å². The highest BCUT2D eigenvalue weighted by Crippen LogP contribution is 2.34. The van der Waals surface area contributed by atoms with E-state index >= 15 is 0 Å². The molecule has 1 unspecified atom stereocenters. The third-order valence-corrected chi connectivity index (χ3v) is 12.9. The molecule has 1 heterocycles. The molecule has 5 aromatic rings. The van der Waals surface area contributed by atoms with Crippen LogP contribution in [0, 0.1) is 5.92 Å². The minimum atomic E-state index is -5.02. The number of amides is 1. The number of unbranched alkanes of at least 4 members (excludes halogenated alkanes) is 1. The lowest BCUT2D eigenvalue weighted by Crippen LogP contribution is -2.38. The molecule has 20 heteroatoms. The summed E-state index contributed by atoms with van der Waals surface area (Å²) in [5, 5.41) is 0. The van der Waals surface area contributed by atoms with Crippen LogP contribution in [0.5, 0.6) is 5.75 Å². The molecule has 0 radical (unpaired) electrons. The fraction of sp³-hybridized carbons (Fsp3) is 0.406. The van der Waals surface area contributed by atoms with Crippen molar-refractivity contribution >= 4 is 51.9 Å². The first-order valence-electron chi connectivity index (χ1n) is 29.6. The van der Waals surface area contributed by atoms with E-state index in [4.69, 9.17) is 14.2 Å². The highest BCUT2D eigenvalue weighted by atomic mass is 19.4. The average Bonchev–Trinajstić information content (AvgIpc) is 1.98. The van der Waals surface area contributed by atoms with Crippen molar-refractivity contribution in [2.75, 3.05) is 49.2 Å². The zero-order valence-electron chi connectivity index (χ0n) is 52.4. The number of hydrogen-bond acceptors (Lipinski definition) is 10. The number of esters is 1. The van der Waals surface area contributed by atoms with Gasteiger partial charge in [-0.1, -0.05) is 162 Å². The Hall–Kier alpha value is -8.16. The van der Waals surface area contributed by atoms with Crippen molar-refractivity contribution in [3.63, 3.8) is 0 Å². The Balaban J connectivity index is 0.000000473. The fourth-order valence-corrected chi connectivity index (χ4v) is 8.23. The molecule has 0 aliphatic carbocycles. The van der Waals surface area contributed by atoms with Gasteiger partial charge in [-0.25, -0.2) is 9.59 Å². The van der Waals surface area contributed by atoms with Gasteiger partial charge in [-0.2, -0.15) is 39.5 Å². The van der Waals surface area contributed by atoms with Crippen LogP contribution >= 0.6 is 0 Å². The SMILES string of the molecule is C/C=C\CCC(=O)C(F)(F)F.CC.CCCCC(CC)COc1cccc(N(/C=C(\C(=O)C(F)(F)F)c2ccccc2)CC)c1.CCN(CCOC(=O)c1ccc2c(c1)CCN2/C=C(\C(=O)C(F)(F)F)c1ccccc1)C(=O)OC(C)(C)C.c1ccccc1. The predicted molar refractivity (Wildman–Crippen MR) is 333 cm³/mol. The number of ether oxygens (including phenoxy) is 3. The standard InChI is InChI=1S/C28H31F3N2O5.C26H32F3NO2.C7H9F3O.C6H6.C2H6/c1-5-32(26(36)38-27(2,3)4)15-16-37-25(35)21-11-12-23-20(17-21)13-14-33(23)18-22(24(34)28(29,30)31)19-9-7-6-8-10-19;1-4-7-12-20(5-2)19-32-23-16-11-15-22(17-23)30(6-3)18-24(25(31)26(27,28)29)21-13-9-8-10-14-21;1-2-3-4-5-6(11)7(8,9)10;1-2-4-6-5-3-1;1-2/h6-12,17-18H,5,13-16H2,1-4H3;8-11,13-18,20H,4-7,12,19H2,1-3H3;2-3H,4-5H2,1H3;1-6H;1-2H3/b22-18-;24-18-;3-2-;;. The topological polar surface area (TPSA) is 123 Å². The average molecular weight is 1250 g/mol. The van der Waals surface area contributed by atoms with Crippen molar-refractivity contribution < 1.29 is 77.7 Å². The Morgan fingerprint density at radius 3 is 1.70 bits per heavy atom. The predicted octanol–water partition coefficient (Wildman–Crippen LogP) is 18.1. The van der Waals surface area contributed by atoms with Gasteiger partial charge >= 0.3 is 30.6 Å². The molecule has 0 spiro atoms. The van der Waals surface area contributed by atoms with E-state index in [0.717, 1.165) is 31.2 Å². The number of anilines is 2. The zero-order valence-corrected chi connectivity index (χ0v) is 52.4. The number of carbonyl (C=O) groups excluding carboxylic acids is 5. The van der Waals surface area contributed by atoms with E-state index in [1.807, 2.05) is 69.3 Å². The first-order chi connectivity index (χ1) is 42.1. The Morgan fingerprint density at radius 2 is 1.20 bits per heavy atom. The number of carbonyl (C=O) groups is 5. The first-order valence-corrected chi connectivity index (χ1v) is 29.6. The van der Waals surface area contributed by atoms with Crippen LogP contribution in [0.3, 0.4) is 0 Å². The first kappa shape index (κ1) is 76.9. The number of fused-ring (bicyclic) bond motifs is 1. The van der Waals surface area contributed by atoms with E-state index in [-0.39, 0.29) is 36.3 Å². The van der Waals surface area contributed by atoms with Gasteiger partial charge in [0, 0.05) is 55.9 Å². The molecule has 1 atom stereocenters. The van der Waals surface area contributed by atoms with Gasteiger partial charge in [0.1, 0.15) is 18.0 Å². The molecule has 0 bridgehead atoms. The summed E-state index contributed by atoms with van der Waals surface area (Å²) < 4.78 is 131. The second-order valence-corrected chi connectivity index (χ2v) is 20.6. The van der Waals surface area contributed by atoms with Crippen molar-refractivity contribution in [2.24, 2.45) is 5.92 Å². The van der Waals surface area contributed by atoms with Gasteiger partial charge in [0.25, 0.3) is 11.6 Å². The maximum absolute atomic E-state index is 13.3. The molecule has 0 fully saturated rings. The van der Waals surface area contributed by atoms with Crippen molar-refractivity contribution in [3.05, 3.63) is 186 Å². The van der Waals surface area contributed by atoms with Gasteiger partial charge in [0.2, 0.25) is 5.78 Å². The van der Waals surface area contributed by atoms with Crippen LogP contribution in [-0.2, 0) is 30.3 Å². The summed E-state index contributed by atoms with van der Waals surface area (Å²) in [5.74, 6) is -4.90. The molecule has 11 nitrogen and oxygen atoms in total. The summed E-state index contributed by atoms with van der Waals surface area (Å²) in [4.78, 5) is 64.0. The fourth-order valence-electron chi connectivity index (χ4n) is 8.23. The summed E-state index contributed by atoms with van der Waals surface area (Å²) in [6, 6.07) is 39.6. The maximum atomic E-state index is 13.3. The Labute approximate surface area is 518 Å². The Morgan fingerprint density at radius 1 is 0.652 bits per heavy atom. The maximum Gasteiger partial charge on any atom is 0.454 e. The number of allylic oxidation sites excluding steroid dienone is 4. The van der Waals surface area contributed by atoms with Crippen molar-refractivity contribution in [1.29, 1.82) is 0 Å². The number of rotatable bonds is 23. The van der Waals surface area contributed by atoms with Gasteiger partial charge < -0.3 is 28.9 Å². The zero-order chi connectivity index (χ0) is 66.8. The van der Waals surface area contributed by atoms with Crippen LogP contribution in [0.4, 0.5) is 55.7 Å². The van der Waals surface area contributed by atoms with E-state index < -0.39 is 71.1 Å². The number of likely N-dealkylation sites (N-methyl/N-ethyl adjacent to an activating group) is 1. The minimum Gasteiger partial charge on any atom is -0.493 e. The monoisotopic (exact) mass is 1250 g/mol. The third kappa shape index (κ3) is 28.3. The van der Waals surface area contributed by atoms with E-state index in [1.165, 1.54) is 53.7 Å². The molecular weight excluding hydrogens is 1170 g/mol. The summed E-state index contributed by atoms with van der Waals surface area (Å²) >= 11 is 0. The summed E-state index contributed by atoms with van der Waals surface area (Å²) in [5.41, 5.74) is 1.18. The van der Waals surface area contributed by atoms with E-state index in [9.17, 15) is 63.5 Å². The molecular formula is C69H84F9N3O8. The van der Waals surface area contributed by atoms with Gasteiger partial charge in [-0.15, -0.1) is 0 Å². The molecule has 1 amide bonds. The van der Waals surface area contributed by atoms with Gasteiger partial charge in [0.05, 0.1) is 29.9 Å². The molecule has 0 N–H and O–H groups in total. The van der Waals surface area contributed by atoms with Crippen molar-refractivity contribution in [1.82, 2.24) is 4.90 Å². The number of hydrogen-bond donors (Lipinski definition) is 0. The quantitative estimate of drug-likeness (QED) is 0.0270. The lowest BCUT2D eigenvalue weighted by atomic mass is 10.0. The van der Waals surface area contributed by atoms with E-state index in [0.29, 0.717) is 55.7 Å². The molecule has 0 aromatic heterocycles. The van der Waals surface area contributed by atoms with Gasteiger partial charge in [0.15, 0.2) is 0 Å². The van der Waals surface area contributed by atoms with Crippen LogP contribution in [-0.4, -0.2) is 97.8 Å². The number of nitrogens with zero attached hydrogens (tertiary/aromatic N) is 3. The molecule has 1 aliphatic rings. The molecule has 6 rings (SSSR count). The number of Topliss-reactive ketones (excluding diaryl/α,β-unsaturated/α-hetero) is 3. The summed E-state index contributed by atoms with van der Waals surface area (Å²) in [6.45, 7) is 20.8. The summed E-state index contributed by atoms with van der Waals surface area (Å²) in [7, 11) is 0. The molecule has 486 valence electrons. The van der Waals surface area contributed by atoms with Crippen molar-refractivity contribution in [3.8, 4) is 5.75 Å². The minimum absolute atomic E-state index is 0.0299. The molecule has 0 saturated heterocycles. The van der Waals surface area contributed by atoms with Crippen LogP contribution in [0.1, 0.15) is 135 Å². The second-order valence-electron chi connectivity index (χ2n) is 20.6. The van der Waals surface area contributed by atoms with Gasteiger partial charge in [-0.3, -0.25) is 14.4 Å². The lowest BCUT2D eigenvalue weighted by molar-refractivity contribution is -0.170. The number of ketones is 3. The van der Waals surface area contributed by atoms with Gasteiger partial charge in [-0.05, 0) is 114 Å². The largest absolute Gasteiger partial charge is 0.493 e. The molecule has 89 heavy (non-hydrogen) atoms. The normalized spacial score (nSPS) is 12.6. The Bertz CT molecular complexity index is 2990. The smallest absolute Gasteiger partial charge is 0.454 e. The van der Waals surface area contributed by atoms with E-state index in [2.05, 4.69) is 13.8 Å². The summed E-state index contributed by atoms with van der Waals surface area (Å²) in [6.07, 6.45) is -4.88. The number of alkyl halides is 9.